The van der Waals surface area contributed by atoms with Gasteiger partial charge in [-0.2, -0.15) is 0 Å². The molecule has 0 unspecified atom stereocenters. The SMILES string of the molecule is NC(=O)[C@@H]1CN(Cc2ccccc2)C[C@H]1c1ccc(Cl)c(Cl)c1. The van der Waals surface area contributed by atoms with Gasteiger partial charge in [-0.3, -0.25) is 9.69 Å². The molecule has 2 atom stereocenters. The number of hydrogen-bond acceptors (Lipinski definition) is 2. The molecular weight excluding hydrogens is 331 g/mol. The number of hydrogen-bond donors (Lipinski definition) is 1. The van der Waals surface area contributed by atoms with Crippen LogP contribution >= 0.6 is 23.2 Å². The van der Waals surface area contributed by atoms with Crippen LogP contribution in [0.5, 0.6) is 0 Å². The Balaban J connectivity index is 1.81. The minimum Gasteiger partial charge on any atom is -0.369 e. The second-order valence-corrected chi connectivity index (χ2v) is 6.78. The average Bonchev–Trinajstić information content (AvgIpc) is 2.95. The maximum absolute atomic E-state index is 11.9. The normalized spacial score (nSPS) is 21.5. The van der Waals surface area contributed by atoms with Gasteiger partial charge in [0.2, 0.25) is 5.91 Å². The maximum atomic E-state index is 11.9. The summed E-state index contributed by atoms with van der Waals surface area (Å²) in [7, 11) is 0. The average molecular weight is 349 g/mol. The molecule has 0 radical (unpaired) electrons. The van der Waals surface area contributed by atoms with Crippen molar-refractivity contribution in [3.63, 3.8) is 0 Å². The first-order chi connectivity index (χ1) is 11.0. The van der Waals surface area contributed by atoms with Crippen LogP contribution in [0.2, 0.25) is 10.0 Å². The number of nitrogens with two attached hydrogens (primary N) is 1. The summed E-state index contributed by atoms with van der Waals surface area (Å²) < 4.78 is 0. The molecule has 1 aliphatic rings. The third kappa shape index (κ3) is 3.69. The van der Waals surface area contributed by atoms with Crippen LogP contribution in [-0.2, 0) is 11.3 Å². The summed E-state index contributed by atoms with van der Waals surface area (Å²) in [6, 6.07) is 15.8. The van der Waals surface area contributed by atoms with Crippen molar-refractivity contribution in [2.24, 2.45) is 11.7 Å². The fraction of sp³-hybridized carbons (Fsp3) is 0.278. The molecule has 0 aromatic heterocycles. The Hall–Kier alpha value is -1.55. The summed E-state index contributed by atoms with van der Waals surface area (Å²) in [5.74, 6) is -0.432. The Morgan fingerprint density at radius 1 is 1.09 bits per heavy atom. The highest BCUT2D eigenvalue weighted by molar-refractivity contribution is 6.42. The monoisotopic (exact) mass is 348 g/mol. The number of rotatable bonds is 4. The zero-order chi connectivity index (χ0) is 16.4. The van der Waals surface area contributed by atoms with E-state index in [4.69, 9.17) is 28.9 Å². The molecule has 2 aromatic rings. The molecule has 0 aliphatic carbocycles. The highest BCUT2D eigenvalue weighted by Gasteiger charge is 2.37. The van der Waals surface area contributed by atoms with E-state index in [1.807, 2.05) is 30.3 Å². The zero-order valence-electron chi connectivity index (χ0n) is 12.6. The number of halogens is 2. The number of benzene rings is 2. The van der Waals surface area contributed by atoms with Crippen LogP contribution in [0.15, 0.2) is 48.5 Å². The molecule has 3 nitrogen and oxygen atoms in total. The van der Waals surface area contributed by atoms with Crippen LogP contribution in [0.1, 0.15) is 17.0 Å². The Morgan fingerprint density at radius 2 is 1.83 bits per heavy atom. The molecular formula is C18H18Cl2N2O. The van der Waals surface area contributed by atoms with E-state index in [0.717, 1.165) is 18.7 Å². The molecule has 1 saturated heterocycles. The van der Waals surface area contributed by atoms with Gasteiger partial charge in [0.1, 0.15) is 0 Å². The first-order valence-corrected chi connectivity index (χ1v) is 8.30. The summed E-state index contributed by atoms with van der Waals surface area (Å²) in [5.41, 5.74) is 7.86. The highest BCUT2D eigenvalue weighted by Crippen LogP contribution is 2.36. The van der Waals surface area contributed by atoms with Gasteiger partial charge in [-0.15, -0.1) is 0 Å². The number of carbonyl (C=O) groups is 1. The predicted molar refractivity (Wildman–Crippen MR) is 93.6 cm³/mol. The van der Waals surface area contributed by atoms with Crippen molar-refractivity contribution >= 4 is 29.1 Å². The van der Waals surface area contributed by atoms with Crippen LogP contribution in [-0.4, -0.2) is 23.9 Å². The first-order valence-electron chi connectivity index (χ1n) is 7.55. The van der Waals surface area contributed by atoms with Crippen LogP contribution in [0.3, 0.4) is 0 Å². The second-order valence-electron chi connectivity index (χ2n) is 5.97. The molecule has 3 rings (SSSR count). The lowest BCUT2D eigenvalue weighted by molar-refractivity contribution is -0.121. The third-order valence-electron chi connectivity index (χ3n) is 4.38. The predicted octanol–water partition coefficient (Wildman–Crippen LogP) is 3.69. The van der Waals surface area contributed by atoms with Crippen LogP contribution in [0.25, 0.3) is 0 Å². The van der Waals surface area contributed by atoms with Crippen molar-refractivity contribution in [1.82, 2.24) is 4.90 Å². The standard InChI is InChI=1S/C18H18Cl2N2O/c19-16-7-6-13(8-17(16)20)14-10-22(11-15(14)18(21)23)9-12-4-2-1-3-5-12/h1-8,14-15H,9-11H2,(H2,21,23)/t14-,15+/m0/s1. The van der Waals surface area contributed by atoms with Gasteiger partial charge in [-0.05, 0) is 23.3 Å². The van der Waals surface area contributed by atoms with E-state index in [-0.39, 0.29) is 17.7 Å². The van der Waals surface area contributed by atoms with E-state index >= 15 is 0 Å². The minimum absolute atomic E-state index is 0.0472. The Bertz CT molecular complexity index is 705. The topological polar surface area (TPSA) is 46.3 Å². The molecule has 0 spiro atoms. The number of nitrogens with zero attached hydrogens (tertiary/aromatic N) is 1. The van der Waals surface area contributed by atoms with Crippen LogP contribution in [0, 0.1) is 5.92 Å². The molecule has 1 amide bonds. The Kier molecular flexibility index (Phi) is 4.90. The van der Waals surface area contributed by atoms with Gasteiger partial charge in [0.15, 0.2) is 0 Å². The highest BCUT2D eigenvalue weighted by atomic mass is 35.5. The molecule has 1 heterocycles. The quantitative estimate of drug-likeness (QED) is 0.915. The number of amides is 1. The van der Waals surface area contributed by atoms with Crippen molar-refractivity contribution in [2.45, 2.75) is 12.5 Å². The van der Waals surface area contributed by atoms with Gasteiger partial charge in [0.25, 0.3) is 0 Å². The van der Waals surface area contributed by atoms with Gasteiger partial charge in [0, 0.05) is 25.6 Å². The zero-order valence-corrected chi connectivity index (χ0v) is 14.1. The fourth-order valence-corrected chi connectivity index (χ4v) is 3.53. The van der Waals surface area contributed by atoms with Gasteiger partial charge in [-0.1, -0.05) is 59.6 Å². The van der Waals surface area contributed by atoms with Crippen molar-refractivity contribution in [3.05, 3.63) is 69.7 Å². The second kappa shape index (κ2) is 6.91. The third-order valence-corrected chi connectivity index (χ3v) is 5.12. The van der Waals surface area contributed by atoms with Crippen LogP contribution < -0.4 is 5.73 Å². The van der Waals surface area contributed by atoms with Crippen molar-refractivity contribution in [2.75, 3.05) is 13.1 Å². The summed E-state index contributed by atoms with van der Waals surface area (Å²) in [6.45, 7) is 2.25. The van der Waals surface area contributed by atoms with Gasteiger partial charge in [0.05, 0.1) is 16.0 Å². The van der Waals surface area contributed by atoms with E-state index in [1.165, 1.54) is 5.56 Å². The van der Waals surface area contributed by atoms with Crippen molar-refractivity contribution < 1.29 is 4.79 Å². The van der Waals surface area contributed by atoms with Gasteiger partial charge in [-0.25, -0.2) is 0 Å². The van der Waals surface area contributed by atoms with E-state index in [2.05, 4.69) is 17.0 Å². The molecule has 23 heavy (non-hydrogen) atoms. The van der Waals surface area contributed by atoms with Crippen molar-refractivity contribution in [3.8, 4) is 0 Å². The van der Waals surface area contributed by atoms with Crippen LogP contribution in [0.4, 0.5) is 0 Å². The van der Waals surface area contributed by atoms with E-state index < -0.39 is 0 Å². The van der Waals surface area contributed by atoms with Crippen molar-refractivity contribution in [1.29, 1.82) is 0 Å². The van der Waals surface area contributed by atoms with E-state index in [0.29, 0.717) is 16.6 Å². The Labute approximate surface area is 146 Å². The summed E-state index contributed by atoms with van der Waals surface area (Å²) in [5, 5.41) is 1.03. The lowest BCUT2D eigenvalue weighted by Crippen LogP contribution is -2.29. The number of primary amides is 1. The van der Waals surface area contributed by atoms with E-state index in [9.17, 15) is 4.79 Å². The molecule has 0 bridgehead atoms. The van der Waals surface area contributed by atoms with Gasteiger partial charge < -0.3 is 5.73 Å². The van der Waals surface area contributed by atoms with Gasteiger partial charge >= 0.3 is 0 Å². The summed E-state index contributed by atoms with van der Waals surface area (Å²) in [6.07, 6.45) is 0. The fourth-order valence-electron chi connectivity index (χ4n) is 3.23. The summed E-state index contributed by atoms with van der Waals surface area (Å²) in [4.78, 5) is 14.1. The summed E-state index contributed by atoms with van der Waals surface area (Å²) >= 11 is 12.1. The molecule has 5 heteroatoms. The molecule has 2 aromatic carbocycles. The molecule has 2 N–H and O–H groups in total. The Morgan fingerprint density at radius 3 is 2.48 bits per heavy atom. The lowest BCUT2D eigenvalue weighted by Gasteiger charge is -2.17. The lowest BCUT2D eigenvalue weighted by atomic mass is 9.88. The minimum atomic E-state index is -0.267. The van der Waals surface area contributed by atoms with E-state index in [1.54, 1.807) is 6.07 Å². The smallest absolute Gasteiger partial charge is 0.222 e. The number of likely N-dealkylation sites (tertiary alicyclic amines) is 1. The maximum Gasteiger partial charge on any atom is 0.222 e. The molecule has 1 aliphatic heterocycles. The number of carbonyl (C=O) groups excluding carboxylic acids is 1. The molecule has 0 saturated carbocycles. The first kappa shape index (κ1) is 16.3. The molecule has 1 fully saturated rings. The largest absolute Gasteiger partial charge is 0.369 e. The molecule has 120 valence electrons.